The third kappa shape index (κ3) is 2.70. The molecule has 0 amide bonds. The number of aromatic amines is 1. The van der Waals surface area contributed by atoms with Crippen LogP contribution in [0.15, 0.2) is 47.3 Å². The van der Waals surface area contributed by atoms with E-state index in [0.717, 1.165) is 0 Å². The first-order valence-corrected chi connectivity index (χ1v) is 7.46. The first-order chi connectivity index (χ1) is 11.4. The molecule has 0 aliphatic carbocycles. The lowest BCUT2D eigenvalue weighted by molar-refractivity contribution is 0.0697. The van der Waals surface area contributed by atoms with Crippen LogP contribution in [0.5, 0.6) is 0 Å². The van der Waals surface area contributed by atoms with Crippen molar-refractivity contribution < 1.29 is 14.7 Å². The highest BCUT2D eigenvalue weighted by Gasteiger charge is 2.17. The highest BCUT2D eigenvalue weighted by atomic mass is 35.5. The van der Waals surface area contributed by atoms with Gasteiger partial charge in [0.2, 0.25) is 0 Å². The molecular formula is C18H12ClNO4. The van der Waals surface area contributed by atoms with E-state index >= 15 is 0 Å². The van der Waals surface area contributed by atoms with E-state index in [1.165, 1.54) is 19.1 Å². The van der Waals surface area contributed by atoms with Crippen LogP contribution < -0.4 is 5.56 Å². The summed E-state index contributed by atoms with van der Waals surface area (Å²) < 4.78 is 0. The lowest BCUT2D eigenvalue weighted by Crippen LogP contribution is -2.16. The van der Waals surface area contributed by atoms with Crippen LogP contribution in [0.3, 0.4) is 0 Å². The Morgan fingerprint density at radius 3 is 2.29 bits per heavy atom. The zero-order chi connectivity index (χ0) is 17.4. The number of carboxylic acids is 1. The largest absolute Gasteiger partial charge is 0.478 e. The standard InChI is InChI=1S/C18H12ClNO4/c1-9-15(18(23)24)13-8-11(4-7-14(13)20-17(9)22)16(21)10-2-5-12(19)6-3-10/h2-8H,1H3,(H,20,22)(H,23,24). The minimum Gasteiger partial charge on any atom is -0.478 e. The minimum absolute atomic E-state index is 0.0977. The maximum Gasteiger partial charge on any atom is 0.336 e. The van der Waals surface area contributed by atoms with Crippen molar-refractivity contribution in [1.82, 2.24) is 4.98 Å². The number of hydrogen-bond acceptors (Lipinski definition) is 3. The van der Waals surface area contributed by atoms with Gasteiger partial charge < -0.3 is 10.1 Å². The number of aromatic carboxylic acids is 1. The monoisotopic (exact) mass is 341 g/mol. The zero-order valence-corrected chi connectivity index (χ0v) is 13.3. The van der Waals surface area contributed by atoms with Crippen LogP contribution in [0.1, 0.15) is 31.8 Å². The third-order valence-electron chi connectivity index (χ3n) is 3.84. The van der Waals surface area contributed by atoms with Crippen molar-refractivity contribution in [1.29, 1.82) is 0 Å². The van der Waals surface area contributed by atoms with Gasteiger partial charge in [0.05, 0.1) is 5.56 Å². The van der Waals surface area contributed by atoms with Crippen LogP contribution in [0.25, 0.3) is 10.9 Å². The molecule has 0 bridgehead atoms. The molecule has 2 aromatic carbocycles. The van der Waals surface area contributed by atoms with E-state index in [0.29, 0.717) is 27.1 Å². The van der Waals surface area contributed by atoms with E-state index in [2.05, 4.69) is 4.98 Å². The average Bonchev–Trinajstić information content (AvgIpc) is 2.55. The average molecular weight is 342 g/mol. The fourth-order valence-electron chi connectivity index (χ4n) is 2.58. The number of pyridine rings is 1. The summed E-state index contributed by atoms with van der Waals surface area (Å²) in [6.07, 6.45) is 0. The Labute approximate surface area is 141 Å². The van der Waals surface area contributed by atoms with Crippen LogP contribution in [0, 0.1) is 6.92 Å². The molecule has 0 radical (unpaired) electrons. The molecule has 0 unspecified atom stereocenters. The van der Waals surface area contributed by atoms with Crippen molar-refractivity contribution in [2.45, 2.75) is 6.92 Å². The predicted octanol–water partition coefficient (Wildman–Crippen LogP) is 3.42. The van der Waals surface area contributed by atoms with Gasteiger partial charge in [-0.05, 0) is 49.4 Å². The minimum atomic E-state index is -1.21. The molecule has 0 saturated carbocycles. The Bertz CT molecular complexity index is 1040. The van der Waals surface area contributed by atoms with E-state index < -0.39 is 11.5 Å². The predicted molar refractivity (Wildman–Crippen MR) is 91.1 cm³/mol. The first kappa shape index (κ1) is 16.0. The Morgan fingerprint density at radius 1 is 1.04 bits per heavy atom. The number of halogens is 1. The summed E-state index contributed by atoms with van der Waals surface area (Å²) in [6, 6.07) is 11.0. The second-order valence-electron chi connectivity index (χ2n) is 5.36. The first-order valence-electron chi connectivity index (χ1n) is 7.08. The van der Waals surface area contributed by atoms with Crippen molar-refractivity contribution in [3.63, 3.8) is 0 Å². The number of carbonyl (C=O) groups excluding carboxylic acids is 1. The number of carbonyl (C=O) groups is 2. The number of rotatable bonds is 3. The SMILES string of the molecule is Cc1c(C(=O)O)c2cc(C(=O)c3ccc(Cl)cc3)ccc2[nH]c1=O. The Hall–Kier alpha value is -2.92. The van der Waals surface area contributed by atoms with Gasteiger partial charge in [0.1, 0.15) is 0 Å². The quantitative estimate of drug-likeness (QED) is 0.714. The van der Waals surface area contributed by atoms with E-state index in [9.17, 15) is 19.5 Å². The summed E-state index contributed by atoms with van der Waals surface area (Å²) in [5.74, 6) is -1.46. The summed E-state index contributed by atoms with van der Waals surface area (Å²) in [5.41, 5.74) is 0.688. The topological polar surface area (TPSA) is 87.2 Å². The van der Waals surface area contributed by atoms with Crippen LogP contribution in [-0.2, 0) is 0 Å². The molecule has 0 atom stereocenters. The van der Waals surface area contributed by atoms with Crippen molar-refractivity contribution in [3.05, 3.63) is 80.1 Å². The van der Waals surface area contributed by atoms with Crippen LogP contribution in [-0.4, -0.2) is 21.8 Å². The van der Waals surface area contributed by atoms with Gasteiger partial charge in [-0.3, -0.25) is 9.59 Å². The van der Waals surface area contributed by atoms with Gasteiger partial charge in [0.25, 0.3) is 5.56 Å². The molecule has 0 spiro atoms. The molecular weight excluding hydrogens is 330 g/mol. The highest BCUT2D eigenvalue weighted by Crippen LogP contribution is 2.22. The van der Waals surface area contributed by atoms with Gasteiger partial charge in [0, 0.05) is 32.6 Å². The normalized spacial score (nSPS) is 10.8. The molecule has 120 valence electrons. The smallest absolute Gasteiger partial charge is 0.336 e. The maximum atomic E-state index is 12.6. The van der Waals surface area contributed by atoms with Crippen molar-refractivity contribution in [2.75, 3.05) is 0 Å². The molecule has 0 saturated heterocycles. The number of fused-ring (bicyclic) bond motifs is 1. The fourth-order valence-corrected chi connectivity index (χ4v) is 2.70. The van der Waals surface area contributed by atoms with Gasteiger partial charge in [-0.15, -0.1) is 0 Å². The Kier molecular flexibility index (Phi) is 3.95. The van der Waals surface area contributed by atoms with Crippen molar-refractivity contribution >= 4 is 34.3 Å². The number of ketones is 1. The molecule has 1 aromatic heterocycles. The number of aromatic nitrogens is 1. The zero-order valence-electron chi connectivity index (χ0n) is 12.6. The van der Waals surface area contributed by atoms with Crippen LogP contribution >= 0.6 is 11.6 Å². The van der Waals surface area contributed by atoms with Crippen molar-refractivity contribution in [3.8, 4) is 0 Å². The second kappa shape index (κ2) is 5.94. The molecule has 3 rings (SSSR count). The summed E-state index contributed by atoms with van der Waals surface area (Å²) in [7, 11) is 0. The molecule has 6 heteroatoms. The highest BCUT2D eigenvalue weighted by molar-refractivity contribution is 6.30. The Balaban J connectivity index is 2.21. The summed E-state index contributed by atoms with van der Waals surface area (Å²) >= 11 is 5.82. The van der Waals surface area contributed by atoms with E-state index in [1.807, 2.05) is 0 Å². The number of carboxylic acid groups (broad SMARTS) is 1. The van der Waals surface area contributed by atoms with Gasteiger partial charge in [0.15, 0.2) is 5.78 Å². The number of hydrogen-bond donors (Lipinski definition) is 2. The Morgan fingerprint density at radius 2 is 1.67 bits per heavy atom. The molecule has 5 nitrogen and oxygen atoms in total. The van der Waals surface area contributed by atoms with Gasteiger partial charge in [-0.25, -0.2) is 4.79 Å². The van der Waals surface area contributed by atoms with Crippen LogP contribution in [0.4, 0.5) is 0 Å². The van der Waals surface area contributed by atoms with Gasteiger partial charge >= 0.3 is 5.97 Å². The van der Waals surface area contributed by atoms with E-state index in [-0.39, 0.29) is 16.9 Å². The molecule has 2 N–H and O–H groups in total. The molecule has 3 aromatic rings. The van der Waals surface area contributed by atoms with Crippen LogP contribution in [0.2, 0.25) is 5.02 Å². The number of H-pyrrole nitrogens is 1. The van der Waals surface area contributed by atoms with E-state index in [4.69, 9.17) is 11.6 Å². The molecule has 0 fully saturated rings. The fraction of sp³-hybridized carbons (Fsp3) is 0.0556. The summed E-state index contributed by atoms with van der Waals surface area (Å²) in [6.45, 7) is 1.44. The second-order valence-corrected chi connectivity index (χ2v) is 5.79. The summed E-state index contributed by atoms with van der Waals surface area (Å²) in [5, 5.41) is 10.3. The maximum absolute atomic E-state index is 12.6. The molecule has 0 aliphatic heterocycles. The van der Waals surface area contributed by atoms with Crippen molar-refractivity contribution in [2.24, 2.45) is 0 Å². The lowest BCUT2D eigenvalue weighted by atomic mass is 9.98. The lowest BCUT2D eigenvalue weighted by Gasteiger charge is -2.08. The molecule has 24 heavy (non-hydrogen) atoms. The molecule has 0 aliphatic rings. The number of benzene rings is 2. The van der Waals surface area contributed by atoms with Gasteiger partial charge in [-0.2, -0.15) is 0 Å². The third-order valence-corrected chi connectivity index (χ3v) is 4.09. The summed E-state index contributed by atoms with van der Waals surface area (Å²) in [4.78, 5) is 38.5. The molecule has 1 heterocycles. The van der Waals surface area contributed by atoms with E-state index in [1.54, 1.807) is 30.3 Å². The van der Waals surface area contributed by atoms with Gasteiger partial charge in [-0.1, -0.05) is 11.6 Å². The number of nitrogens with one attached hydrogen (secondary N) is 1.